The molecule has 2 aliphatic heterocycles. The number of amides is 2. The topological polar surface area (TPSA) is 84.7 Å². The number of fused-ring (bicyclic) bond motifs is 1. The van der Waals surface area contributed by atoms with Crippen LogP contribution in [0.5, 0.6) is 5.75 Å². The number of rotatable bonds is 5. The van der Waals surface area contributed by atoms with E-state index in [0.717, 1.165) is 30.6 Å². The van der Waals surface area contributed by atoms with Crippen molar-refractivity contribution in [3.05, 3.63) is 28.8 Å². The van der Waals surface area contributed by atoms with Crippen LogP contribution in [0.2, 0.25) is 5.02 Å². The van der Waals surface area contributed by atoms with Crippen LogP contribution in [0.1, 0.15) is 31.2 Å². The molecular formula is C18H24ClN3O3. The molecule has 2 atom stereocenters. The fourth-order valence-electron chi connectivity index (χ4n) is 3.49. The van der Waals surface area contributed by atoms with Crippen LogP contribution in [-0.4, -0.2) is 48.5 Å². The predicted octanol–water partition coefficient (Wildman–Crippen LogP) is 1.49. The molecule has 0 spiro atoms. The molecule has 0 radical (unpaired) electrons. The van der Waals surface area contributed by atoms with Gasteiger partial charge in [-0.1, -0.05) is 11.6 Å². The lowest BCUT2D eigenvalue weighted by molar-refractivity contribution is -0.142. The van der Waals surface area contributed by atoms with Gasteiger partial charge in [0.2, 0.25) is 5.91 Å². The zero-order valence-electron chi connectivity index (χ0n) is 14.2. The Morgan fingerprint density at radius 2 is 2.20 bits per heavy atom. The molecule has 7 heteroatoms. The molecule has 6 nitrogen and oxygen atoms in total. The van der Waals surface area contributed by atoms with Crippen molar-refractivity contribution in [2.45, 2.75) is 44.2 Å². The number of hydrogen-bond donors (Lipinski definition) is 2. The minimum Gasteiger partial charge on any atom is -0.480 e. The van der Waals surface area contributed by atoms with E-state index in [9.17, 15) is 9.59 Å². The van der Waals surface area contributed by atoms with Gasteiger partial charge in [0.25, 0.3) is 5.91 Å². The molecule has 1 aromatic rings. The Bertz CT molecular complexity index is 652. The molecule has 0 aliphatic carbocycles. The molecule has 3 N–H and O–H groups in total. The minimum atomic E-state index is -0.506. The number of benzene rings is 1. The van der Waals surface area contributed by atoms with Gasteiger partial charge in [0.05, 0.1) is 0 Å². The Labute approximate surface area is 152 Å². The van der Waals surface area contributed by atoms with E-state index in [4.69, 9.17) is 22.1 Å². The zero-order valence-corrected chi connectivity index (χ0v) is 14.9. The zero-order chi connectivity index (χ0) is 17.8. The molecule has 2 aliphatic rings. The molecule has 2 amide bonds. The largest absolute Gasteiger partial charge is 0.480 e. The number of halogens is 1. The van der Waals surface area contributed by atoms with Crippen LogP contribution in [-0.2, 0) is 16.0 Å². The monoisotopic (exact) mass is 365 g/mol. The molecule has 136 valence electrons. The Morgan fingerprint density at radius 3 is 3.00 bits per heavy atom. The standard InChI is InChI=1S/C18H24ClN3O3/c19-13-4-5-15-12(9-13)10-16(25-15)18(24)22-8-2-1-3-14(22)11-21-17(23)6-7-20/h4-5,9,14,16H,1-3,6-8,10-11,20H2,(H,21,23). The van der Waals surface area contributed by atoms with Crippen molar-refractivity contribution in [1.29, 1.82) is 0 Å². The average molecular weight is 366 g/mol. The Hall–Kier alpha value is -1.79. The van der Waals surface area contributed by atoms with Gasteiger partial charge < -0.3 is 20.7 Å². The molecule has 2 heterocycles. The molecule has 1 fully saturated rings. The minimum absolute atomic E-state index is 0.00917. The van der Waals surface area contributed by atoms with Gasteiger partial charge in [-0.05, 0) is 43.0 Å². The molecular weight excluding hydrogens is 342 g/mol. The molecule has 25 heavy (non-hydrogen) atoms. The quantitative estimate of drug-likeness (QED) is 0.828. The summed E-state index contributed by atoms with van der Waals surface area (Å²) in [4.78, 5) is 26.5. The third kappa shape index (κ3) is 4.25. The van der Waals surface area contributed by atoms with Crippen molar-refractivity contribution >= 4 is 23.4 Å². The van der Waals surface area contributed by atoms with Gasteiger partial charge in [-0.15, -0.1) is 0 Å². The molecule has 0 saturated carbocycles. The summed E-state index contributed by atoms with van der Waals surface area (Å²) in [6.07, 6.45) is 3.27. The van der Waals surface area contributed by atoms with Crippen LogP contribution < -0.4 is 15.8 Å². The Morgan fingerprint density at radius 1 is 1.36 bits per heavy atom. The molecule has 3 rings (SSSR count). The number of ether oxygens (including phenoxy) is 1. The second-order valence-corrected chi connectivity index (χ2v) is 7.02. The summed E-state index contributed by atoms with van der Waals surface area (Å²) in [5.41, 5.74) is 6.37. The molecule has 1 saturated heterocycles. The first-order chi connectivity index (χ1) is 12.1. The number of carbonyl (C=O) groups excluding carboxylic acids is 2. The van der Waals surface area contributed by atoms with E-state index in [1.54, 1.807) is 6.07 Å². The van der Waals surface area contributed by atoms with Crippen molar-refractivity contribution in [2.75, 3.05) is 19.6 Å². The third-order valence-corrected chi connectivity index (χ3v) is 5.02. The highest BCUT2D eigenvalue weighted by molar-refractivity contribution is 6.30. The van der Waals surface area contributed by atoms with Crippen molar-refractivity contribution in [3.8, 4) is 5.75 Å². The predicted molar refractivity (Wildman–Crippen MR) is 95.6 cm³/mol. The van der Waals surface area contributed by atoms with Crippen molar-refractivity contribution in [3.63, 3.8) is 0 Å². The highest BCUT2D eigenvalue weighted by Crippen LogP contribution is 2.32. The van der Waals surface area contributed by atoms with Gasteiger partial charge in [0, 0.05) is 43.5 Å². The van der Waals surface area contributed by atoms with E-state index < -0.39 is 6.10 Å². The lowest BCUT2D eigenvalue weighted by Gasteiger charge is -2.37. The van der Waals surface area contributed by atoms with E-state index in [0.29, 0.717) is 37.5 Å². The van der Waals surface area contributed by atoms with Gasteiger partial charge in [0.1, 0.15) is 5.75 Å². The maximum absolute atomic E-state index is 13.0. The second kappa shape index (κ2) is 8.06. The first-order valence-corrected chi connectivity index (χ1v) is 9.18. The number of piperidine rings is 1. The molecule has 2 unspecified atom stereocenters. The average Bonchev–Trinajstić information content (AvgIpc) is 3.03. The Kier molecular flexibility index (Phi) is 5.81. The van der Waals surface area contributed by atoms with E-state index in [1.807, 2.05) is 17.0 Å². The normalized spacial score (nSPS) is 22.2. The highest BCUT2D eigenvalue weighted by atomic mass is 35.5. The summed E-state index contributed by atoms with van der Waals surface area (Å²) < 4.78 is 5.84. The lowest BCUT2D eigenvalue weighted by Crippen LogP contribution is -2.53. The number of hydrogen-bond acceptors (Lipinski definition) is 4. The van der Waals surface area contributed by atoms with Crippen molar-refractivity contribution in [2.24, 2.45) is 5.73 Å². The Balaban J connectivity index is 1.62. The van der Waals surface area contributed by atoms with Crippen LogP contribution in [0.25, 0.3) is 0 Å². The SMILES string of the molecule is NCCC(=O)NCC1CCCCN1C(=O)C1Cc2cc(Cl)ccc2O1. The maximum atomic E-state index is 13.0. The van der Waals surface area contributed by atoms with Crippen molar-refractivity contribution in [1.82, 2.24) is 10.2 Å². The summed E-state index contributed by atoms with van der Waals surface area (Å²) in [5, 5.41) is 3.53. The summed E-state index contributed by atoms with van der Waals surface area (Å²) in [7, 11) is 0. The second-order valence-electron chi connectivity index (χ2n) is 6.59. The number of carbonyl (C=O) groups is 2. The van der Waals surface area contributed by atoms with E-state index in [1.165, 1.54) is 0 Å². The lowest BCUT2D eigenvalue weighted by atomic mass is 10.00. The summed E-state index contributed by atoms with van der Waals surface area (Å²) >= 11 is 6.02. The third-order valence-electron chi connectivity index (χ3n) is 4.79. The van der Waals surface area contributed by atoms with Gasteiger partial charge in [0.15, 0.2) is 6.10 Å². The van der Waals surface area contributed by atoms with Gasteiger partial charge in [-0.25, -0.2) is 0 Å². The van der Waals surface area contributed by atoms with Crippen LogP contribution in [0.4, 0.5) is 0 Å². The maximum Gasteiger partial charge on any atom is 0.264 e. The smallest absolute Gasteiger partial charge is 0.264 e. The van der Waals surface area contributed by atoms with Crippen LogP contribution in [0.15, 0.2) is 18.2 Å². The number of nitrogens with zero attached hydrogens (tertiary/aromatic N) is 1. The van der Waals surface area contributed by atoms with Crippen LogP contribution in [0.3, 0.4) is 0 Å². The fraction of sp³-hybridized carbons (Fsp3) is 0.556. The summed E-state index contributed by atoms with van der Waals surface area (Å²) in [6.45, 7) is 1.50. The van der Waals surface area contributed by atoms with Gasteiger partial charge in [-0.2, -0.15) is 0 Å². The first-order valence-electron chi connectivity index (χ1n) is 8.81. The number of likely N-dealkylation sites (tertiary alicyclic amines) is 1. The van der Waals surface area contributed by atoms with Crippen LogP contribution in [0, 0.1) is 0 Å². The number of nitrogens with two attached hydrogens (primary N) is 1. The van der Waals surface area contributed by atoms with Gasteiger partial charge >= 0.3 is 0 Å². The fourth-order valence-corrected chi connectivity index (χ4v) is 3.69. The van der Waals surface area contributed by atoms with Crippen LogP contribution >= 0.6 is 11.6 Å². The van der Waals surface area contributed by atoms with Gasteiger partial charge in [-0.3, -0.25) is 9.59 Å². The van der Waals surface area contributed by atoms with Crippen molar-refractivity contribution < 1.29 is 14.3 Å². The van der Waals surface area contributed by atoms with E-state index in [-0.39, 0.29) is 17.9 Å². The summed E-state index contributed by atoms with van der Waals surface area (Å²) in [5.74, 6) is 0.650. The van der Waals surface area contributed by atoms with E-state index in [2.05, 4.69) is 5.32 Å². The molecule has 0 bridgehead atoms. The molecule has 1 aromatic carbocycles. The highest BCUT2D eigenvalue weighted by Gasteiger charge is 2.36. The molecule has 0 aromatic heterocycles. The number of nitrogens with one attached hydrogen (secondary N) is 1. The summed E-state index contributed by atoms with van der Waals surface area (Å²) in [6, 6.07) is 5.44. The van der Waals surface area contributed by atoms with E-state index >= 15 is 0 Å². The first kappa shape index (κ1) is 18.0.